The van der Waals surface area contributed by atoms with Gasteiger partial charge in [-0.1, -0.05) is 71.9 Å². The summed E-state index contributed by atoms with van der Waals surface area (Å²) in [6, 6.07) is 25.2. The molecule has 0 spiro atoms. The molecule has 0 aliphatic heterocycles. The molecule has 184 valence electrons. The number of rotatable bonds is 7. The van der Waals surface area contributed by atoms with Gasteiger partial charge in [0.2, 0.25) is 5.89 Å². The number of hydrogen-bond acceptors (Lipinski definition) is 6. The van der Waals surface area contributed by atoms with Crippen LogP contribution in [0, 0.1) is 12.3 Å². The Morgan fingerprint density at radius 1 is 0.946 bits per heavy atom. The van der Waals surface area contributed by atoms with Gasteiger partial charge in [-0.25, -0.2) is 10.1 Å². The first-order chi connectivity index (χ1) is 17.9. The molecule has 5 aromatic rings. The maximum Gasteiger partial charge on any atom is 0.314 e. The van der Waals surface area contributed by atoms with E-state index >= 15 is 0 Å². The summed E-state index contributed by atoms with van der Waals surface area (Å²) in [5, 5.41) is 26.4. The Kier molecular flexibility index (Phi) is 5.37. The van der Waals surface area contributed by atoms with Crippen LogP contribution >= 0.6 is 0 Å². The smallest absolute Gasteiger partial charge is 0.314 e. The van der Waals surface area contributed by atoms with Gasteiger partial charge < -0.3 is 14.0 Å². The quantitative estimate of drug-likeness (QED) is 0.313. The molecule has 0 saturated heterocycles. The van der Waals surface area contributed by atoms with E-state index in [4.69, 9.17) is 14.3 Å². The average molecular weight is 493 g/mol. The molecule has 3 aromatic carbocycles. The van der Waals surface area contributed by atoms with Crippen LogP contribution in [0.3, 0.4) is 0 Å². The fourth-order valence-corrected chi connectivity index (χ4v) is 4.62. The van der Waals surface area contributed by atoms with Gasteiger partial charge in [-0.2, -0.15) is 0 Å². The zero-order valence-corrected chi connectivity index (χ0v) is 20.1. The third-order valence-electron chi connectivity index (χ3n) is 7.03. The largest absolute Gasteiger partial charge is 0.481 e. The lowest BCUT2D eigenvalue weighted by Crippen LogP contribution is -2.19. The van der Waals surface area contributed by atoms with Crippen molar-refractivity contribution in [3.63, 3.8) is 0 Å². The van der Waals surface area contributed by atoms with E-state index in [-0.39, 0.29) is 12.2 Å². The molecule has 1 fully saturated rings. The minimum Gasteiger partial charge on any atom is -0.481 e. The van der Waals surface area contributed by atoms with Crippen molar-refractivity contribution in [1.82, 2.24) is 14.9 Å². The molecule has 8 heteroatoms. The van der Waals surface area contributed by atoms with E-state index in [1.165, 1.54) is 4.68 Å². The van der Waals surface area contributed by atoms with Gasteiger partial charge in [0.15, 0.2) is 5.76 Å². The first-order valence-electron chi connectivity index (χ1n) is 12.0. The van der Waals surface area contributed by atoms with Crippen molar-refractivity contribution in [2.24, 2.45) is 0 Å². The van der Waals surface area contributed by atoms with Crippen molar-refractivity contribution >= 4 is 5.97 Å². The monoisotopic (exact) mass is 492 g/mol. The number of hydrogen-bond donors (Lipinski definition) is 2. The van der Waals surface area contributed by atoms with E-state index in [9.17, 15) is 9.90 Å². The lowest BCUT2D eigenvalue weighted by molar-refractivity contribution is -0.140. The van der Waals surface area contributed by atoms with Gasteiger partial charge in [-0.05, 0) is 48.6 Å². The summed E-state index contributed by atoms with van der Waals surface area (Å²) < 4.78 is 12.7. The van der Waals surface area contributed by atoms with Gasteiger partial charge in [-0.3, -0.25) is 4.79 Å². The Morgan fingerprint density at radius 3 is 2.19 bits per heavy atom. The van der Waals surface area contributed by atoms with Crippen LogP contribution in [-0.2, 0) is 16.8 Å². The third-order valence-corrected chi connectivity index (χ3v) is 7.03. The zero-order chi connectivity index (χ0) is 25.6. The number of aryl methyl sites for hydroxylation is 1. The number of aliphatic carboxylic acids is 1. The van der Waals surface area contributed by atoms with E-state index in [0.29, 0.717) is 24.5 Å². The predicted octanol–water partition coefficient (Wildman–Crippen LogP) is 5.42. The summed E-state index contributed by atoms with van der Waals surface area (Å²) in [6.45, 7) is 2.15. The molecule has 37 heavy (non-hydrogen) atoms. The van der Waals surface area contributed by atoms with Crippen LogP contribution in [-0.4, -0.2) is 26.0 Å². The van der Waals surface area contributed by atoms with Crippen LogP contribution < -0.4 is 5.68 Å². The molecule has 2 N–H and O–H groups in total. The first kappa shape index (κ1) is 22.7. The van der Waals surface area contributed by atoms with Gasteiger partial charge in [0.05, 0.1) is 17.7 Å². The molecule has 6 rings (SSSR count). The van der Waals surface area contributed by atoms with E-state index in [0.717, 1.165) is 39.1 Å². The Balaban J connectivity index is 1.25. The van der Waals surface area contributed by atoms with Crippen molar-refractivity contribution < 1.29 is 18.8 Å². The minimum absolute atomic E-state index is 0.0555. The minimum atomic E-state index is -0.750. The van der Waals surface area contributed by atoms with Crippen LogP contribution in [0.1, 0.15) is 29.7 Å². The van der Waals surface area contributed by atoms with Crippen molar-refractivity contribution in [1.29, 1.82) is 5.41 Å². The average Bonchev–Trinajstić information content (AvgIpc) is 3.56. The number of carbonyl (C=O) groups is 1. The number of benzene rings is 3. The molecule has 1 aliphatic rings. The normalized spacial score (nSPS) is 14.0. The van der Waals surface area contributed by atoms with Crippen molar-refractivity contribution in [2.75, 3.05) is 0 Å². The van der Waals surface area contributed by atoms with Crippen molar-refractivity contribution in [2.45, 2.75) is 31.7 Å². The van der Waals surface area contributed by atoms with Gasteiger partial charge in [0.25, 0.3) is 0 Å². The SMILES string of the molecule is Cc1noc(-c2ccc(-c3ccc(C4(C(=O)O)CC4)cc3)cc2)c1Cn1nc(-c2ccccc2)oc1=N. The molecule has 2 aromatic heterocycles. The topological polar surface area (TPSA) is 118 Å². The standard InChI is InChI=1S/C29H24N4O4/c1-18-24(17-33-28(30)36-26(31-33)22-5-3-2-4-6-22)25(37-32-18)21-9-7-19(8-10-21)20-11-13-23(14-12-20)29(15-16-29)27(34)35/h2-14,30H,15-17H2,1H3,(H,34,35). The summed E-state index contributed by atoms with van der Waals surface area (Å²) in [5.41, 5.74) is 5.33. The molecule has 1 aliphatic carbocycles. The second kappa shape index (κ2) is 8.74. The molecular weight excluding hydrogens is 468 g/mol. The first-order valence-corrected chi connectivity index (χ1v) is 12.0. The number of nitrogens with zero attached hydrogens (tertiary/aromatic N) is 3. The van der Waals surface area contributed by atoms with Gasteiger partial charge in [0.1, 0.15) is 0 Å². The van der Waals surface area contributed by atoms with Crippen LogP contribution in [0.15, 0.2) is 87.8 Å². The van der Waals surface area contributed by atoms with E-state index in [1.54, 1.807) is 0 Å². The summed E-state index contributed by atoms with van der Waals surface area (Å²) >= 11 is 0. The second-order valence-electron chi connectivity index (χ2n) is 9.35. The number of carboxylic acids is 1. The summed E-state index contributed by atoms with van der Waals surface area (Å²) in [4.78, 5) is 11.6. The molecule has 1 saturated carbocycles. The summed E-state index contributed by atoms with van der Waals surface area (Å²) in [7, 11) is 0. The molecule has 0 bridgehead atoms. The zero-order valence-electron chi connectivity index (χ0n) is 20.1. The Labute approximate surface area is 212 Å². The Bertz CT molecular complexity index is 1640. The van der Waals surface area contributed by atoms with Gasteiger partial charge >= 0.3 is 11.7 Å². The summed E-state index contributed by atoms with van der Waals surface area (Å²) in [5.74, 6) is 0.251. The highest BCUT2D eigenvalue weighted by Gasteiger charge is 2.51. The van der Waals surface area contributed by atoms with E-state index in [2.05, 4.69) is 10.3 Å². The molecule has 0 atom stereocenters. The summed E-state index contributed by atoms with van der Waals surface area (Å²) in [6.07, 6.45) is 1.38. The van der Waals surface area contributed by atoms with Crippen LogP contribution in [0.4, 0.5) is 0 Å². The van der Waals surface area contributed by atoms with Gasteiger partial charge in [-0.15, -0.1) is 5.10 Å². The fourth-order valence-electron chi connectivity index (χ4n) is 4.62. The molecule has 8 nitrogen and oxygen atoms in total. The fraction of sp³-hybridized carbons (Fsp3) is 0.172. The lowest BCUT2D eigenvalue weighted by Gasteiger charge is -2.11. The lowest BCUT2D eigenvalue weighted by atomic mass is 9.93. The molecule has 0 radical (unpaired) electrons. The van der Waals surface area contributed by atoms with E-state index < -0.39 is 11.4 Å². The van der Waals surface area contributed by atoms with Crippen LogP contribution in [0.2, 0.25) is 0 Å². The maximum atomic E-state index is 11.6. The van der Waals surface area contributed by atoms with Gasteiger partial charge in [0, 0.05) is 16.7 Å². The van der Waals surface area contributed by atoms with E-state index in [1.807, 2.05) is 85.8 Å². The second-order valence-corrected chi connectivity index (χ2v) is 9.35. The highest BCUT2D eigenvalue weighted by molar-refractivity contribution is 5.85. The maximum absolute atomic E-state index is 11.6. The van der Waals surface area contributed by atoms with Crippen molar-refractivity contribution in [3.8, 4) is 33.9 Å². The highest BCUT2D eigenvalue weighted by atomic mass is 16.5. The third kappa shape index (κ3) is 4.06. The Hall–Kier alpha value is -4.72. The number of aromatic nitrogens is 3. The number of nitrogens with one attached hydrogen (secondary N) is 1. The molecule has 0 unspecified atom stereocenters. The van der Waals surface area contributed by atoms with Crippen LogP contribution in [0.25, 0.3) is 33.9 Å². The Morgan fingerprint density at radius 2 is 1.57 bits per heavy atom. The van der Waals surface area contributed by atoms with Crippen molar-refractivity contribution in [3.05, 3.63) is 101 Å². The molecular formula is C29H24N4O4. The highest BCUT2D eigenvalue weighted by Crippen LogP contribution is 2.48. The molecule has 0 amide bonds. The molecule has 2 heterocycles. The predicted molar refractivity (Wildman–Crippen MR) is 136 cm³/mol. The number of carboxylic acid groups (broad SMARTS) is 1. The van der Waals surface area contributed by atoms with Crippen LogP contribution in [0.5, 0.6) is 0 Å².